The van der Waals surface area contributed by atoms with Crippen molar-refractivity contribution in [3.8, 4) is 0 Å². The molecule has 1 aromatic heterocycles. The van der Waals surface area contributed by atoms with Gasteiger partial charge in [0.1, 0.15) is 6.04 Å². The molecule has 1 aliphatic heterocycles. The van der Waals surface area contributed by atoms with Gasteiger partial charge in [0.15, 0.2) is 0 Å². The highest BCUT2D eigenvalue weighted by Crippen LogP contribution is 2.20. The molecule has 2 atom stereocenters. The van der Waals surface area contributed by atoms with Gasteiger partial charge in [0.25, 0.3) is 10.2 Å². The fourth-order valence-corrected chi connectivity index (χ4v) is 4.11. The Morgan fingerprint density at radius 3 is 2.90 bits per heavy atom. The van der Waals surface area contributed by atoms with Crippen LogP contribution in [0.25, 0.3) is 0 Å². The summed E-state index contributed by atoms with van der Waals surface area (Å²) in [5.74, 6) is -1.10. The summed E-state index contributed by atoms with van der Waals surface area (Å²) in [6.07, 6.45) is 5.12. The number of hydrogen-bond donors (Lipinski definition) is 2. The molecule has 0 amide bonds. The minimum absolute atomic E-state index is 0.237. The summed E-state index contributed by atoms with van der Waals surface area (Å²) < 4.78 is 29.9. The molecule has 1 saturated heterocycles. The number of aliphatic carboxylic acids is 1. The maximum absolute atomic E-state index is 12.4. The molecular weight excluding hydrogens is 296 g/mol. The number of hydrogen-bond acceptors (Lipinski definition) is 4. The monoisotopic (exact) mass is 316 g/mol. The quantitative estimate of drug-likeness (QED) is 0.771. The van der Waals surface area contributed by atoms with E-state index in [-0.39, 0.29) is 12.6 Å². The molecule has 0 radical (unpaired) electrons. The minimum Gasteiger partial charge on any atom is -0.480 e. The van der Waals surface area contributed by atoms with Crippen molar-refractivity contribution in [2.45, 2.75) is 44.8 Å². The molecule has 1 aromatic rings. The van der Waals surface area contributed by atoms with Gasteiger partial charge in [0.2, 0.25) is 0 Å². The highest BCUT2D eigenvalue weighted by atomic mass is 32.2. The average molecular weight is 316 g/mol. The Kier molecular flexibility index (Phi) is 4.96. The number of carbonyl (C=O) groups is 1. The second-order valence-corrected chi connectivity index (χ2v) is 6.87. The van der Waals surface area contributed by atoms with Crippen molar-refractivity contribution in [2.75, 3.05) is 6.54 Å². The van der Waals surface area contributed by atoms with Crippen LogP contribution in [-0.4, -0.2) is 52.2 Å². The first-order valence-corrected chi connectivity index (χ1v) is 8.33. The molecule has 21 heavy (non-hydrogen) atoms. The summed E-state index contributed by atoms with van der Waals surface area (Å²) in [4.78, 5) is 11.2. The van der Waals surface area contributed by atoms with Gasteiger partial charge in [-0.05, 0) is 32.3 Å². The van der Waals surface area contributed by atoms with E-state index in [4.69, 9.17) is 5.11 Å². The van der Waals surface area contributed by atoms with Gasteiger partial charge in [-0.2, -0.15) is 22.5 Å². The Hall–Kier alpha value is -1.45. The Labute approximate surface area is 123 Å². The minimum atomic E-state index is -3.82. The molecule has 0 saturated carbocycles. The van der Waals surface area contributed by atoms with Crippen LogP contribution in [0, 0.1) is 0 Å². The van der Waals surface area contributed by atoms with Crippen molar-refractivity contribution in [3.05, 3.63) is 18.5 Å². The summed E-state index contributed by atoms with van der Waals surface area (Å²) in [5.41, 5.74) is 0. The van der Waals surface area contributed by atoms with Crippen LogP contribution >= 0.6 is 0 Å². The molecule has 2 unspecified atom stereocenters. The molecule has 8 nitrogen and oxygen atoms in total. The number of carboxylic acid groups (broad SMARTS) is 1. The Balaban J connectivity index is 2.04. The molecule has 0 aromatic carbocycles. The maximum Gasteiger partial charge on any atom is 0.322 e. The van der Waals surface area contributed by atoms with Gasteiger partial charge in [-0.15, -0.1) is 0 Å². The van der Waals surface area contributed by atoms with Crippen LogP contribution < -0.4 is 4.72 Å². The first-order chi connectivity index (χ1) is 9.90. The van der Waals surface area contributed by atoms with Gasteiger partial charge in [0.05, 0.1) is 6.54 Å². The van der Waals surface area contributed by atoms with Crippen molar-refractivity contribution < 1.29 is 18.3 Å². The van der Waals surface area contributed by atoms with Gasteiger partial charge < -0.3 is 5.11 Å². The second-order valence-electron chi connectivity index (χ2n) is 5.21. The van der Waals surface area contributed by atoms with Crippen LogP contribution in [0.1, 0.15) is 26.2 Å². The van der Waals surface area contributed by atoms with Crippen LogP contribution in [0.15, 0.2) is 18.5 Å². The Bertz CT molecular complexity index is 572. The Morgan fingerprint density at radius 1 is 1.52 bits per heavy atom. The van der Waals surface area contributed by atoms with Crippen molar-refractivity contribution >= 4 is 16.2 Å². The molecule has 1 aliphatic rings. The zero-order valence-electron chi connectivity index (χ0n) is 11.8. The van der Waals surface area contributed by atoms with E-state index < -0.39 is 22.2 Å². The van der Waals surface area contributed by atoms with Crippen LogP contribution in [0.3, 0.4) is 0 Å². The van der Waals surface area contributed by atoms with E-state index in [9.17, 15) is 13.2 Å². The summed E-state index contributed by atoms with van der Waals surface area (Å²) in [6, 6.07) is 0.395. The lowest BCUT2D eigenvalue weighted by molar-refractivity contribution is -0.142. The van der Waals surface area contributed by atoms with Crippen molar-refractivity contribution in [2.24, 2.45) is 0 Å². The SMILES string of the molecule is CC(Cn1cccn1)NS(=O)(=O)N1CCCCC1C(=O)O. The first kappa shape index (κ1) is 15.9. The molecule has 9 heteroatoms. The zero-order chi connectivity index (χ0) is 15.5. The van der Waals surface area contributed by atoms with E-state index in [0.717, 1.165) is 10.7 Å². The number of aromatic nitrogens is 2. The molecule has 118 valence electrons. The van der Waals surface area contributed by atoms with Gasteiger partial charge in [-0.1, -0.05) is 0 Å². The zero-order valence-corrected chi connectivity index (χ0v) is 12.7. The number of carboxylic acids is 1. The van der Waals surface area contributed by atoms with Crippen LogP contribution in [0.4, 0.5) is 0 Å². The third-order valence-corrected chi connectivity index (χ3v) is 5.17. The van der Waals surface area contributed by atoms with E-state index in [1.54, 1.807) is 30.1 Å². The number of rotatable bonds is 6. The van der Waals surface area contributed by atoms with Crippen LogP contribution in [-0.2, 0) is 21.5 Å². The van der Waals surface area contributed by atoms with E-state index in [2.05, 4.69) is 9.82 Å². The van der Waals surface area contributed by atoms with Gasteiger partial charge in [-0.3, -0.25) is 9.48 Å². The predicted molar refractivity (Wildman–Crippen MR) is 75.7 cm³/mol. The predicted octanol–water partition coefficient (Wildman–Crippen LogP) is 0.0451. The fourth-order valence-electron chi connectivity index (χ4n) is 2.49. The second kappa shape index (κ2) is 6.54. The Morgan fingerprint density at radius 2 is 2.29 bits per heavy atom. The molecular formula is C12H20N4O4S. The third kappa shape index (κ3) is 4.02. The average Bonchev–Trinajstić information content (AvgIpc) is 2.90. The van der Waals surface area contributed by atoms with E-state index in [1.807, 2.05) is 0 Å². The summed E-state index contributed by atoms with van der Waals surface area (Å²) in [5, 5.41) is 13.2. The topological polar surface area (TPSA) is 105 Å². The van der Waals surface area contributed by atoms with Gasteiger partial charge in [0, 0.05) is 25.0 Å². The van der Waals surface area contributed by atoms with E-state index in [0.29, 0.717) is 19.4 Å². The van der Waals surface area contributed by atoms with Crippen LogP contribution in [0.2, 0.25) is 0 Å². The molecule has 0 bridgehead atoms. The largest absolute Gasteiger partial charge is 0.480 e. The lowest BCUT2D eigenvalue weighted by Crippen LogP contribution is -2.54. The number of nitrogens with zero attached hydrogens (tertiary/aromatic N) is 3. The van der Waals surface area contributed by atoms with E-state index >= 15 is 0 Å². The van der Waals surface area contributed by atoms with Gasteiger partial charge >= 0.3 is 5.97 Å². The lowest BCUT2D eigenvalue weighted by atomic mass is 10.1. The first-order valence-electron chi connectivity index (χ1n) is 6.89. The van der Waals surface area contributed by atoms with Crippen molar-refractivity contribution in [3.63, 3.8) is 0 Å². The normalized spacial score (nSPS) is 22.0. The smallest absolute Gasteiger partial charge is 0.322 e. The van der Waals surface area contributed by atoms with Crippen molar-refractivity contribution in [1.82, 2.24) is 18.8 Å². The van der Waals surface area contributed by atoms with Crippen LogP contribution in [0.5, 0.6) is 0 Å². The summed E-state index contributed by atoms with van der Waals surface area (Å²) in [6.45, 7) is 2.34. The molecule has 0 spiro atoms. The highest BCUT2D eigenvalue weighted by molar-refractivity contribution is 7.87. The standard InChI is InChI=1S/C12H20N4O4S/c1-10(9-15-7-4-6-13-15)14-21(19,20)16-8-3-2-5-11(16)12(17)18/h4,6-7,10-11,14H,2-3,5,8-9H2,1H3,(H,17,18). The molecule has 0 aliphatic carbocycles. The highest BCUT2D eigenvalue weighted by Gasteiger charge is 2.37. The molecule has 1 fully saturated rings. The van der Waals surface area contributed by atoms with Crippen molar-refractivity contribution in [1.29, 1.82) is 0 Å². The lowest BCUT2D eigenvalue weighted by Gasteiger charge is -2.32. The molecule has 2 N–H and O–H groups in total. The fraction of sp³-hybridized carbons (Fsp3) is 0.667. The summed E-state index contributed by atoms with van der Waals surface area (Å²) >= 11 is 0. The number of piperidine rings is 1. The number of nitrogens with one attached hydrogen (secondary N) is 1. The van der Waals surface area contributed by atoms with Gasteiger partial charge in [-0.25, -0.2) is 0 Å². The maximum atomic E-state index is 12.4. The third-order valence-electron chi connectivity index (χ3n) is 3.42. The molecule has 2 heterocycles. The summed E-state index contributed by atoms with van der Waals surface area (Å²) in [7, 11) is -3.82. The molecule has 2 rings (SSSR count). The van der Waals surface area contributed by atoms with E-state index in [1.165, 1.54) is 0 Å².